The lowest BCUT2D eigenvalue weighted by Gasteiger charge is -2.33. The molecule has 0 atom stereocenters. The van der Waals surface area contributed by atoms with Crippen molar-refractivity contribution >= 4 is 5.71 Å². The molecule has 0 aromatic heterocycles. The molecule has 2 aromatic rings. The summed E-state index contributed by atoms with van der Waals surface area (Å²) in [4.78, 5) is 0. The lowest BCUT2D eigenvalue weighted by Crippen LogP contribution is -2.36. The molecule has 0 fully saturated rings. The second-order valence-electron chi connectivity index (χ2n) is 6.02. The number of hydrogen-bond acceptors (Lipinski definition) is 4. The van der Waals surface area contributed by atoms with Crippen molar-refractivity contribution in [3.63, 3.8) is 0 Å². The first kappa shape index (κ1) is 14.4. The summed E-state index contributed by atoms with van der Waals surface area (Å²) in [5.41, 5.74) is 2.14. The van der Waals surface area contributed by atoms with Crippen molar-refractivity contribution in [2.24, 2.45) is 5.16 Å². The van der Waals surface area contributed by atoms with Crippen molar-refractivity contribution in [1.29, 1.82) is 0 Å². The highest BCUT2D eigenvalue weighted by Crippen LogP contribution is 2.35. The minimum Gasteiger partial charge on any atom is -0.489 e. The Kier molecular flexibility index (Phi) is 3.75. The quantitative estimate of drug-likeness (QED) is 0.688. The van der Waals surface area contributed by atoms with Gasteiger partial charge in [-0.25, -0.2) is 0 Å². The molecule has 0 saturated carbocycles. The van der Waals surface area contributed by atoms with Gasteiger partial charge in [-0.15, -0.1) is 0 Å². The van der Waals surface area contributed by atoms with E-state index >= 15 is 0 Å². The van der Waals surface area contributed by atoms with Gasteiger partial charge in [-0.3, -0.25) is 0 Å². The van der Waals surface area contributed by atoms with Crippen molar-refractivity contribution in [2.45, 2.75) is 32.5 Å². The van der Waals surface area contributed by atoms with Gasteiger partial charge in [0, 0.05) is 12.0 Å². The van der Waals surface area contributed by atoms with Gasteiger partial charge in [-0.05, 0) is 37.6 Å². The van der Waals surface area contributed by atoms with E-state index in [0.717, 1.165) is 22.6 Å². The molecule has 0 unspecified atom stereocenters. The van der Waals surface area contributed by atoms with E-state index in [4.69, 9.17) is 9.47 Å². The first-order valence-corrected chi connectivity index (χ1v) is 7.28. The number of fused-ring (bicyclic) bond motifs is 1. The van der Waals surface area contributed by atoms with E-state index < -0.39 is 0 Å². The fourth-order valence-corrected chi connectivity index (χ4v) is 2.58. The Morgan fingerprint density at radius 2 is 1.95 bits per heavy atom. The summed E-state index contributed by atoms with van der Waals surface area (Å²) in [5.74, 6) is 1.45. The summed E-state index contributed by atoms with van der Waals surface area (Å²) >= 11 is 0. The summed E-state index contributed by atoms with van der Waals surface area (Å²) in [6.07, 6.45) is 0.554. The molecule has 0 saturated heterocycles. The van der Waals surface area contributed by atoms with Crippen molar-refractivity contribution < 1.29 is 14.7 Å². The second-order valence-corrected chi connectivity index (χ2v) is 6.02. The zero-order chi connectivity index (χ0) is 15.6. The van der Waals surface area contributed by atoms with Gasteiger partial charge in [0.2, 0.25) is 0 Å². The predicted octanol–water partition coefficient (Wildman–Crippen LogP) is 4.01. The van der Waals surface area contributed by atoms with Crippen LogP contribution in [0.25, 0.3) is 0 Å². The third kappa shape index (κ3) is 3.06. The van der Waals surface area contributed by atoms with Gasteiger partial charge >= 0.3 is 0 Å². The Morgan fingerprint density at radius 3 is 2.68 bits per heavy atom. The van der Waals surface area contributed by atoms with Gasteiger partial charge in [0.05, 0.1) is 5.71 Å². The number of hydrogen-bond donors (Lipinski definition) is 1. The summed E-state index contributed by atoms with van der Waals surface area (Å²) in [5, 5.41) is 12.7. The van der Waals surface area contributed by atoms with E-state index in [0.29, 0.717) is 18.7 Å². The van der Waals surface area contributed by atoms with Crippen LogP contribution in [0.15, 0.2) is 53.7 Å². The van der Waals surface area contributed by atoms with Gasteiger partial charge in [0.15, 0.2) is 0 Å². The normalized spacial score (nSPS) is 17.6. The van der Waals surface area contributed by atoms with E-state index in [1.54, 1.807) is 0 Å². The lowest BCUT2D eigenvalue weighted by atomic mass is 9.92. The molecule has 114 valence electrons. The first-order valence-electron chi connectivity index (χ1n) is 7.28. The summed E-state index contributed by atoms with van der Waals surface area (Å²) < 4.78 is 11.7. The van der Waals surface area contributed by atoms with Gasteiger partial charge in [0.1, 0.15) is 23.7 Å². The van der Waals surface area contributed by atoms with E-state index in [-0.39, 0.29) is 5.60 Å². The fourth-order valence-electron chi connectivity index (χ4n) is 2.58. The van der Waals surface area contributed by atoms with Crippen LogP contribution in [0.4, 0.5) is 0 Å². The monoisotopic (exact) mass is 297 g/mol. The predicted molar refractivity (Wildman–Crippen MR) is 84.9 cm³/mol. The molecule has 2 aromatic carbocycles. The molecule has 4 nitrogen and oxygen atoms in total. The standard InChI is InChI=1S/C18H19NO3/c1-18(2)11-16(19-20)15-10-14(8-9-17(15)22-18)21-12-13-6-4-3-5-7-13/h3-10,20H,11-12H2,1-2H3/b19-16+. The SMILES string of the molecule is CC1(C)C/C(=N\O)c2cc(OCc3ccccc3)ccc2O1. The van der Waals surface area contributed by atoms with Crippen LogP contribution in [0.5, 0.6) is 11.5 Å². The molecule has 0 bridgehead atoms. The number of oxime groups is 1. The molecule has 1 heterocycles. The summed E-state index contributed by atoms with van der Waals surface area (Å²) in [6, 6.07) is 15.6. The minimum absolute atomic E-state index is 0.374. The van der Waals surface area contributed by atoms with Crippen molar-refractivity contribution in [2.75, 3.05) is 0 Å². The Balaban J connectivity index is 1.82. The van der Waals surface area contributed by atoms with Crippen molar-refractivity contribution in [3.8, 4) is 11.5 Å². The van der Waals surface area contributed by atoms with Crippen molar-refractivity contribution in [3.05, 3.63) is 59.7 Å². The second kappa shape index (κ2) is 5.72. The number of nitrogens with zero attached hydrogens (tertiary/aromatic N) is 1. The van der Waals surface area contributed by atoms with Crippen LogP contribution in [-0.4, -0.2) is 16.5 Å². The molecule has 0 amide bonds. The molecule has 1 aliphatic rings. The number of benzene rings is 2. The van der Waals surface area contributed by atoms with Gasteiger partial charge in [-0.2, -0.15) is 0 Å². The average Bonchev–Trinajstić information content (AvgIpc) is 2.52. The fraction of sp³-hybridized carbons (Fsp3) is 0.278. The van der Waals surface area contributed by atoms with Crippen LogP contribution in [0.3, 0.4) is 0 Å². The van der Waals surface area contributed by atoms with E-state index in [1.165, 1.54) is 0 Å². The maximum atomic E-state index is 9.26. The lowest BCUT2D eigenvalue weighted by molar-refractivity contribution is 0.109. The molecular weight excluding hydrogens is 278 g/mol. The molecule has 3 rings (SSSR count). The zero-order valence-corrected chi connectivity index (χ0v) is 12.7. The molecule has 0 aliphatic carbocycles. The van der Waals surface area contributed by atoms with E-state index in [1.807, 2.05) is 62.4 Å². The zero-order valence-electron chi connectivity index (χ0n) is 12.7. The van der Waals surface area contributed by atoms with E-state index in [2.05, 4.69) is 5.16 Å². The maximum absolute atomic E-state index is 9.26. The molecule has 0 radical (unpaired) electrons. The van der Waals surface area contributed by atoms with Crippen molar-refractivity contribution in [1.82, 2.24) is 0 Å². The van der Waals surface area contributed by atoms with Gasteiger partial charge in [0.25, 0.3) is 0 Å². The number of rotatable bonds is 3. The molecule has 0 spiro atoms. The van der Waals surface area contributed by atoms with Gasteiger partial charge in [-0.1, -0.05) is 35.5 Å². The Morgan fingerprint density at radius 1 is 1.18 bits per heavy atom. The van der Waals surface area contributed by atoms with Gasteiger partial charge < -0.3 is 14.7 Å². The Bertz CT molecular complexity index is 693. The topological polar surface area (TPSA) is 51.1 Å². The van der Waals surface area contributed by atoms with Crippen LogP contribution in [-0.2, 0) is 6.61 Å². The maximum Gasteiger partial charge on any atom is 0.129 e. The molecule has 1 N–H and O–H groups in total. The van der Waals surface area contributed by atoms with Crippen LogP contribution >= 0.6 is 0 Å². The van der Waals surface area contributed by atoms with Crippen LogP contribution in [0, 0.1) is 0 Å². The third-order valence-corrected chi connectivity index (χ3v) is 3.61. The highest BCUT2D eigenvalue weighted by molar-refractivity contribution is 6.04. The largest absolute Gasteiger partial charge is 0.489 e. The summed E-state index contributed by atoms with van der Waals surface area (Å²) in [7, 11) is 0. The Hall–Kier alpha value is -2.49. The molecule has 1 aliphatic heterocycles. The molecular formula is C18H19NO3. The molecule has 4 heteroatoms. The third-order valence-electron chi connectivity index (χ3n) is 3.61. The van der Waals surface area contributed by atoms with Crippen LogP contribution in [0.2, 0.25) is 0 Å². The summed E-state index contributed by atoms with van der Waals surface area (Å²) in [6.45, 7) is 4.44. The van der Waals surface area contributed by atoms with E-state index in [9.17, 15) is 5.21 Å². The highest BCUT2D eigenvalue weighted by atomic mass is 16.5. The minimum atomic E-state index is -0.374. The average molecular weight is 297 g/mol. The highest BCUT2D eigenvalue weighted by Gasteiger charge is 2.31. The molecule has 22 heavy (non-hydrogen) atoms. The van der Waals surface area contributed by atoms with Crippen LogP contribution < -0.4 is 9.47 Å². The van der Waals surface area contributed by atoms with Crippen LogP contribution in [0.1, 0.15) is 31.4 Å². The first-order chi connectivity index (χ1) is 10.6. The number of ether oxygens (including phenoxy) is 2. The Labute approximate surface area is 130 Å². The smallest absolute Gasteiger partial charge is 0.129 e.